The van der Waals surface area contributed by atoms with Crippen LogP contribution in [0.4, 0.5) is 0 Å². The van der Waals surface area contributed by atoms with E-state index in [1.54, 1.807) is 0 Å². The Hall–Kier alpha value is 0.250. The first-order valence-electron chi connectivity index (χ1n) is 4.88. The van der Waals surface area contributed by atoms with Crippen LogP contribution < -0.4 is 40.0 Å². The molecule has 1 N–H and O–H groups in total. The largest absolute Gasteiger partial charge is 1.00 e. The molecule has 0 radical (unpaired) electrons. The van der Waals surface area contributed by atoms with Crippen molar-refractivity contribution in [3.63, 3.8) is 0 Å². The van der Waals surface area contributed by atoms with Gasteiger partial charge >= 0.3 is 29.6 Å². The van der Waals surface area contributed by atoms with Gasteiger partial charge in [0, 0.05) is 19.3 Å². The molecule has 1 fully saturated rings. The Morgan fingerprint density at radius 1 is 1.65 bits per heavy atom. The average molecular weight is 281 g/mol. The maximum Gasteiger partial charge on any atom is 1.00 e. The monoisotopic (exact) mass is 280 g/mol. The number of ether oxygens (including phenoxy) is 1. The van der Waals surface area contributed by atoms with E-state index in [-0.39, 0.29) is 35.7 Å². The Balaban J connectivity index is 0.00000144. The van der Waals surface area contributed by atoms with Gasteiger partial charge in [0.05, 0.1) is 17.3 Å². The molecule has 0 amide bonds. The third-order valence-corrected chi connectivity index (χ3v) is 2.99. The summed E-state index contributed by atoms with van der Waals surface area (Å²) in [6.07, 6.45) is 1.31. The van der Waals surface area contributed by atoms with Gasteiger partial charge < -0.3 is 15.2 Å². The molecule has 4 nitrogen and oxygen atoms in total. The van der Waals surface area contributed by atoms with Crippen molar-refractivity contribution in [2.75, 3.05) is 19.7 Å². The number of morpholine rings is 1. The second-order valence-corrected chi connectivity index (χ2v) is 4.16. The van der Waals surface area contributed by atoms with Gasteiger partial charge in [0.25, 0.3) is 0 Å². The van der Waals surface area contributed by atoms with E-state index in [9.17, 15) is 5.11 Å². The number of hydrogen-bond donors (Lipinski definition) is 1. The predicted octanol–water partition coefficient (Wildman–Crippen LogP) is -2.56. The van der Waals surface area contributed by atoms with Crippen molar-refractivity contribution in [2.24, 2.45) is 0 Å². The Bertz CT molecular complexity index is 413. The predicted molar refractivity (Wildman–Crippen MR) is 62.5 cm³/mol. The van der Waals surface area contributed by atoms with Gasteiger partial charge in [0.2, 0.25) is 0 Å². The maximum absolute atomic E-state index is 11.1. The number of nitrogens with one attached hydrogen (secondary N) is 1. The second-order valence-electron chi connectivity index (χ2n) is 3.41. The van der Waals surface area contributed by atoms with E-state index in [4.69, 9.17) is 16.3 Å². The molecule has 0 aromatic carbocycles. The first kappa shape index (κ1) is 15.3. The fourth-order valence-electron chi connectivity index (χ4n) is 1.58. The number of halogens is 1. The van der Waals surface area contributed by atoms with Gasteiger partial charge in [-0.15, -0.1) is 0 Å². The van der Waals surface area contributed by atoms with Gasteiger partial charge in [-0.1, -0.05) is 23.8 Å². The minimum absolute atomic E-state index is 0. The summed E-state index contributed by atoms with van der Waals surface area (Å²) in [6, 6.07) is 1.53. The molecule has 2 heterocycles. The summed E-state index contributed by atoms with van der Waals surface area (Å²) in [7, 11) is 0. The molecule has 0 saturated carbocycles. The summed E-state index contributed by atoms with van der Waals surface area (Å²) in [4.78, 5) is 4.15. The molecule has 7 heteroatoms. The van der Waals surface area contributed by atoms with Crippen molar-refractivity contribution >= 4 is 28.9 Å². The number of nitrogens with zero attached hydrogens (tertiary/aromatic N) is 1. The van der Waals surface area contributed by atoms with Crippen molar-refractivity contribution in [1.82, 2.24) is 10.3 Å². The molecule has 1 unspecified atom stereocenters. The number of aromatic nitrogens is 1. The molecular formula is C10H10ClN2NaO2S. The number of hydrogen-bond acceptors (Lipinski definition) is 5. The van der Waals surface area contributed by atoms with E-state index in [1.807, 2.05) is 0 Å². The van der Waals surface area contributed by atoms with Crippen molar-refractivity contribution in [3.8, 4) is 0 Å². The van der Waals surface area contributed by atoms with Gasteiger partial charge in [-0.25, -0.2) is 0 Å². The minimum Gasteiger partial charge on any atom is -0.864 e. The van der Waals surface area contributed by atoms with Crippen LogP contribution >= 0.6 is 23.8 Å². The smallest absolute Gasteiger partial charge is 0.864 e. The summed E-state index contributed by atoms with van der Waals surface area (Å²) >= 11 is 10.7. The molecule has 1 saturated heterocycles. The summed E-state index contributed by atoms with van der Waals surface area (Å²) in [6.45, 7) is 2.06. The van der Waals surface area contributed by atoms with Crippen molar-refractivity contribution in [2.45, 2.75) is 6.10 Å². The molecule has 1 aromatic heterocycles. The summed E-state index contributed by atoms with van der Waals surface area (Å²) in [5.41, 5.74) is 0.889. The quantitative estimate of drug-likeness (QED) is 0.477. The molecule has 0 aliphatic carbocycles. The van der Waals surface area contributed by atoms with Crippen molar-refractivity contribution < 1.29 is 39.4 Å². The van der Waals surface area contributed by atoms with Crippen LogP contribution in [-0.4, -0.2) is 29.7 Å². The molecule has 1 atom stereocenters. The molecule has 2 rings (SSSR count). The van der Waals surface area contributed by atoms with E-state index in [0.29, 0.717) is 29.4 Å². The van der Waals surface area contributed by atoms with E-state index >= 15 is 0 Å². The molecule has 1 aromatic rings. The maximum atomic E-state index is 11.1. The average Bonchev–Trinajstić information content (AvgIpc) is 2.30. The number of thiocarbonyl (C=S) groups is 1. The Morgan fingerprint density at radius 2 is 2.41 bits per heavy atom. The van der Waals surface area contributed by atoms with Crippen LogP contribution in [0.25, 0.3) is 0 Å². The van der Waals surface area contributed by atoms with Gasteiger partial charge in [-0.3, -0.25) is 4.98 Å². The second kappa shape index (κ2) is 6.99. The fraction of sp³-hybridized carbons (Fsp3) is 0.400. The third kappa shape index (κ3) is 3.61. The van der Waals surface area contributed by atoms with E-state index in [2.05, 4.69) is 22.5 Å². The molecule has 1 aliphatic rings. The Morgan fingerprint density at radius 3 is 3.00 bits per heavy atom. The van der Waals surface area contributed by atoms with Crippen molar-refractivity contribution in [1.29, 1.82) is 0 Å². The summed E-state index contributed by atoms with van der Waals surface area (Å²) in [5, 5.41) is 14.1. The van der Waals surface area contributed by atoms with Gasteiger partial charge in [-0.05, 0) is 16.7 Å². The van der Waals surface area contributed by atoms with Crippen LogP contribution in [0.3, 0.4) is 0 Å². The normalized spacial score (nSPS) is 19.5. The molecule has 0 bridgehead atoms. The topological polar surface area (TPSA) is 57.2 Å². The Labute approximate surface area is 132 Å². The number of rotatable bonds is 2. The minimum atomic E-state index is -0.475. The van der Waals surface area contributed by atoms with Crippen molar-refractivity contribution in [3.05, 3.63) is 28.5 Å². The van der Waals surface area contributed by atoms with E-state index in [1.165, 1.54) is 12.3 Å². The van der Waals surface area contributed by atoms with E-state index < -0.39 is 5.05 Å². The molecule has 0 spiro atoms. The zero-order chi connectivity index (χ0) is 11.5. The zero-order valence-corrected chi connectivity index (χ0v) is 13.0. The van der Waals surface area contributed by atoms with Gasteiger partial charge in [0.15, 0.2) is 0 Å². The van der Waals surface area contributed by atoms with Crippen LogP contribution in [0.2, 0.25) is 5.02 Å². The molecule has 1 aliphatic heterocycles. The fourth-order valence-corrected chi connectivity index (χ4v) is 2.13. The SMILES string of the molecule is [Na+].[O-]C(=S)c1ccnc(C2CNCCO2)c1Cl. The first-order chi connectivity index (χ1) is 7.70. The molecule has 86 valence electrons. The van der Waals surface area contributed by atoms with Crippen LogP contribution in [-0.2, 0) is 4.74 Å². The van der Waals surface area contributed by atoms with Crippen LogP contribution in [0.15, 0.2) is 12.3 Å². The van der Waals surface area contributed by atoms with Crippen LogP contribution in [0.1, 0.15) is 17.4 Å². The van der Waals surface area contributed by atoms with E-state index in [0.717, 1.165) is 6.54 Å². The zero-order valence-electron chi connectivity index (χ0n) is 9.40. The Kier molecular flexibility index (Phi) is 6.30. The first-order valence-corrected chi connectivity index (χ1v) is 5.67. The number of pyridine rings is 1. The van der Waals surface area contributed by atoms with Gasteiger partial charge in [-0.2, -0.15) is 0 Å². The molecule has 17 heavy (non-hydrogen) atoms. The third-order valence-electron chi connectivity index (χ3n) is 2.37. The molecular weight excluding hydrogens is 271 g/mol. The standard InChI is InChI=1S/C10H11ClN2O2S.Na/c11-8-6(10(14)16)1-2-13-9(8)7-5-12-3-4-15-7;/h1-2,7,12H,3-5H2,(H,14,16);/q;+1/p-1. The summed E-state index contributed by atoms with van der Waals surface area (Å²) < 4.78 is 5.52. The van der Waals surface area contributed by atoms with Crippen LogP contribution in [0, 0.1) is 0 Å². The van der Waals surface area contributed by atoms with Gasteiger partial charge in [0.1, 0.15) is 6.10 Å². The van der Waals surface area contributed by atoms with Crippen LogP contribution in [0.5, 0.6) is 0 Å². The summed E-state index contributed by atoms with van der Waals surface area (Å²) in [5.74, 6) is 0.